The number of amides is 1. The minimum absolute atomic E-state index is 0.0246. The number of nitrogens with one attached hydrogen (secondary N) is 1. The number of carbonyl (C=O) groups excluding carboxylic acids is 3. The van der Waals surface area contributed by atoms with Crippen molar-refractivity contribution in [3.8, 4) is 0 Å². The van der Waals surface area contributed by atoms with E-state index in [-0.39, 0.29) is 41.7 Å². The van der Waals surface area contributed by atoms with Crippen LogP contribution in [0.15, 0.2) is 27.2 Å². The summed E-state index contributed by atoms with van der Waals surface area (Å²) < 4.78 is 20.2. The Morgan fingerprint density at radius 1 is 1.08 bits per heavy atom. The van der Waals surface area contributed by atoms with E-state index in [0.717, 1.165) is 0 Å². The molecule has 0 aliphatic heterocycles. The Kier molecular flexibility index (Phi) is 5.41. The van der Waals surface area contributed by atoms with Crippen LogP contribution in [0.2, 0.25) is 0 Å². The van der Waals surface area contributed by atoms with E-state index in [1.54, 1.807) is 19.9 Å². The monoisotopic (exact) mass is 335 g/mol. The van der Waals surface area contributed by atoms with Gasteiger partial charge < -0.3 is 18.3 Å². The molecule has 0 saturated heterocycles. The summed E-state index contributed by atoms with van der Waals surface area (Å²) in [5, 5.41) is 2.40. The normalized spacial score (nSPS) is 10.3. The molecule has 128 valence electrons. The number of esters is 2. The molecular formula is C16H17NO7. The summed E-state index contributed by atoms with van der Waals surface area (Å²) in [6, 6.07) is 2.99. The summed E-state index contributed by atoms with van der Waals surface area (Å²) in [5.41, 5.74) is -0.266. The first-order valence-electron chi connectivity index (χ1n) is 7.32. The fraction of sp³-hybridized carbons (Fsp3) is 0.312. The maximum Gasteiger partial charge on any atom is 0.344 e. The number of hydrogen-bond donors (Lipinski definition) is 1. The lowest BCUT2D eigenvalue weighted by atomic mass is 10.1. The van der Waals surface area contributed by atoms with Gasteiger partial charge in [0.05, 0.1) is 19.5 Å². The van der Waals surface area contributed by atoms with E-state index in [1.807, 2.05) is 0 Å². The molecule has 0 aliphatic rings. The third kappa shape index (κ3) is 3.48. The van der Waals surface area contributed by atoms with Crippen LogP contribution in [-0.2, 0) is 9.47 Å². The summed E-state index contributed by atoms with van der Waals surface area (Å²) >= 11 is 0. The van der Waals surface area contributed by atoms with Crippen LogP contribution in [-0.4, -0.2) is 31.1 Å². The van der Waals surface area contributed by atoms with E-state index in [9.17, 15) is 14.4 Å². The second kappa shape index (κ2) is 7.49. The minimum atomic E-state index is -0.799. The number of ether oxygens (including phenoxy) is 2. The van der Waals surface area contributed by atoms with Crippen LogP contribution >= 0.6 is 0 Å². The van der Waals surface area contributed by atoms with Gasteiger partial charge in [-0.05, 0) is 32.9 Å². The van der Waals surface area contributed by atoms with Crippen molar-refractivity contribution in [1.29, 1.82) is 0 Å². The van der Waals surface area contributed by atoms with Crippen LogP contribution in [0.1, 0.15) is 50.9 Å². The highest BCUT2D eigenvalue weighted by Crippen LogP contribution is 2.29. The standard InChI is InChI=1S/C16H17NO7/c1-4-21-15(19)11-9(3)24-14(12(11)16(20)22-5-2)17-13(18)10-7-6-8-23-10/h6-8H,4-5H2,1-3H3,(H,17,18). The number of furan rings is 2. The maximum absolute atomic E-state index is 12.2. The first kappa shape index (κ1) is 17.3. The Bertz CT molecular complexity index is 743. The smallest absolute Gasteiger partial charge is 0.344 e. The van der Waals surface area contributed by atoms with Gasteiger partial charge in [0.15, 0.2) is 5.76 Å². The lowest BCUT2D eigenvalue weighted by molar-refractivity contribution is 0.0480. The highest BCUT2D eigenvalue weighted by atomic mass is 16.5. The minimum Gasteiger partial charge on any atom is -0.462 e. The van der Waals surface area contributed by atoms with Crippen molar-refractivity contribution in [3.63, 3.8) is 0 Å². The van der Waals surface area contributed by atoms with E-state index in [4.69, 9.17) is 18.3 Å². The van der Waals surface area contributed by atoms with Crippen LogP contribution in [0.4, 0.5) is 5.88 Å². The van der Waals surface area contributed by atoms with Gasteiger partial charge in [0.1, 0.15) is 16.9 Å². The van der Waals surface area contributed by atoms with Gasteiger partial charge in [-0.25, -0.2) is 9.59 Å². The summed E-state index contributed by atoms with van der Waals surface area (Å²) in [5.74, 6) is -2.21. The summed E-state index contributed by atoms with van der Waals surface area (Å²) in [4.78, 5) is 36.4. The molecule has 0 atom stereocenters. The zero-order valence-corrected chi connectivity index (χ0v) is 13.5. The van der Waals surface area contributed by atoms with Gasteiger partial charge in [0.2, 0.25) is 5.88 Å². The number of hydrogen-bond acceptors (Lipinski definition) is 7. The van der Waals surface area contributed by atoms with Crippen molar-refractivity contribution >= 4 is 23.7 Å². The molecule has 0 spiro atoms. The third-order valence-electron chi connectivity index (χ3n) is 3.02. The van der Waals surface area contributed by atoms with Crippen LogP contribution in [0, 0.1) is 6.92 Å². The van der Waals surface area contributed by atoms with Crippen LogP contribution in [0.25, 0.3) is 0 Å². The Balaban J connectivity index is 2.43. The molecule has 0 aliphatic carbocycles. The lowest BCUT2D eigenvalue weighted by Gasteiger charge is -2.06. The topological polar surface area (TPSA) is 108 Å². The Labute approximate surface area is 137 Å². The highest BCUT2D eigenvalue weighted by molar-refractivity contribution is 6.11. The second-order valence-electron chi connectivity index (χ2n) is 4.61. The second-order valence-corrected chi connectivity index (χ2v) is 4.61. The average Bonchev–Trinajstić information content (AvgIpc) is 3.15. The average molecular weight is 335 g/mol. The van der Waals surface area contributed by atoms with Gasteiger partial charge in [-0.1, -0.05) is 0 Å². The van der Waals surface area contributed by atoms with E-state index < -0.39 is 17.8 Å². The largest absolute Gasteiger partial charge is 0.462 e. The Hall–Kier alpha value is -3.03. The number of anilines is 1. The van der Waals surface area contributed by atoms with Gasteiger partial charge in [-0.15, -0.1) is 0 Å². The van der Waals surface area contributed by atoms with E-state index in [0.29, 0.717) is 0 Å². The Morgan fingerprint density at radius 2 is 1.71 bits per heavy atom. The number of aryl methyl sites for hydroxylation is 1. The molecule has 0 aromatic carbocycles. The molecule has 2 aromatic heterocycles. The molecule has 2 aromatic rings. The van der Waals surface area contributed by atoms with Gasteiger partial charge in [-0.2, -0.15) is 0 Å². The molecule has 0 bridgehead atoms. The highest BCUT2D eigenvalue weighted by Gasteiger charge is 2.31. The van der Waals surface area contributed by atoms with Crippen molar-refractivity contribution in [2.24, 2.45) is 0 Å². The van der Waals surface area contributed by atoms with E-state index in [1.165, 1.54) is 19.3 Å². The SMILES string of the molecule is CCOC(=O)c1c(C)oc(NC(=O)c2ccco2)c1C(=O)OCC. The first-order chi connectivity index (χ1) is 11.5. The predicted molar refractivity (Wildman–Crippen MR) is 82.0 cm³/mol. The fourth-order valence-electron chi connectivity index (χ4n) is 2.05. The van der Waals surface area contributed by atoms with Crippen molar-refractivity contribution < 1.29 is 32.7 Å². The zero-order valence-electron chi connectivity index (χ0n) is 13.5. The molecule has 0 radical (unpaired) electrons. The molecule has 2 rings (SSSR count). The van der Waals surface area contributed by atoms with Crippen molar-refractivity contribution in [3.05, 3.63) is 41.0 Å². The molecule has 1 amide bonds. The molecule has 1 N–H and O–H groups in total. The summed E-state index contributed by atoms with van der Waals surface area (Å²) in [6.07, 6.45) is 1.33. The lowest BCUT2D eigenvalue weighted by Crippen LogP contribution is -2.17. The van der Waals surface area contributed by atoms with Gasteiger partial charge in [-0.3, -0.25) is 10.1 Å². The third-order valence-corrected chi connectivity index (χ3v) is 3.02. The fourth-order valence-corrected chi connectivity index (χ4v) is 2.05. The molecule has 0 saturated carbocycles. The van der Waals surface area contributed by atoms with Crippen molar-refractivity contribution in [2.45, 2.75) is 20.8 Å². The van der Waals surface area contributed by atoms with Crippen LogP contribution < -0.4 is 5.32 Å². The first-order valence-corrected chi connectivity index (χ1v) is 7.32. The molecule has 2 heterocycles. The molecule has 8 nitrogen and oxygen atoms in total. The quantitative estimate of drug-likeness (QED) is 0.809. The number of rotatable bonds is 6. The molecule has 0 unspecified atom stereocenters. The number of carbonyl (C=O) groups is 3. The molecule has 0 fully saturated rings. The van der Waals surface area contributed by atoms with Gasteiger partial charge in [0.25, 0.3) is 5.91 Å². The molecule has 8 heteroatoms. The predicted octanol–water partition coefficient (Wildman–Crippen LogP) is 2.79. The molecule has 24 heavy (non-hydrogen) atoms. The van der Waals surface area contributed by atoms with Crippen molar-refractivity contribution in [1.82, 2.24) is 0 Å². The van der Waals surface area contributed by atoms with E-state index in [2.05, 4.69) is 5.32 Å². The zero-order chi connectivity index (χ0) is 17.7. The Morgan fingerprint density at radius 3 is 2.25 bits per heavy atom. The van der Waals surface area contributed by atoms with E-state index >= 15 is 0 Å². The van der Waals surface area contributed by atoms with Crippen molar-refractivity contribution in [2.75, 3.05) is 18.5 Å². The summed E-state index contributed by atoms with van der Waals surface area (Å²) in [6.45, 7) is 4.96. The maximum atomic E-state index is 12.2. The van der Waals surface area contributed by atoms with Gasteiger partial charge in [0, 0.05) is 0 Å². The van der Waals surface area contributed by atoms with Crippen LogP contribution in [0.3, 0.4) is 0 Å². The van der Waals surface area contributed by atoms with Crippen LogP contribution in [0.5, 0.6) is 0 Å². The summed E-state index contributed by atoms with van der Waals surface area (Å²) in [7, 11) is 0. The molecular weight excluding hydrogens is 318 g/mol. The van der Waals surface area contributed by atoms with Gasteiger partial charge >= 0.3 is 11.9 Å².